The molecule has 1 unspecified atom stereocenters. The van der Waals surface area contributed by atoms with E-state index in [-0.39, 0.29) is 6.10 Å². The van der Waals surface area contributed by atoms with Crippen molar-refractivity contribution in [2.75, 3.05) is 37.5 Å². The van der Waals surface area contributed by atoms with Crippen molar-refractivity contribution in [1.82, 2.24) is 4.98 Å². The third-order valence-electron chi connectivity index (χ3n) is 3.08. The number of nitrogens with zero attached hydrogens (tertiary/aromatic N) is 3. The van der Waals surface area contributed by atoms with E-state index in [1.807, 2.05) is 13.1 Å². The van der Waals surface area contributed by atoms with Gasteiger partial charge >= 0.3 is 0 Å². The molecule has 1 saturated heterocycles. The van der Waals surface area contributed by atoms with Gasteiger partial charge in [0, 0.05) is 39.5 Å². The molecule has 5 heteroatoms. The van der Waals surface area contributed by atoms with Gasteiger partial charge < -0.3 is 15.0 Å². The number of anilines is 2. The monoisotopic (exact) mass is 232 g/mol. The van der Waals surface area contributed by atoms with E-state index in [0.717, 1.165) is 31.0 Å². The van der Waals surface area contributed by atoms with Crippen LogP contribution in [0.4, 0.5) is 11.5 Å². The largest absolute Gasteiger partial charge is 0.380 e. The van der Waals surface area contributed by atoms with Crippen molar-refractivity contribution in [1.29, 1.82) is 5.26 Å². The predicted molar refractivity (Wildman–Crippen MR) is 66.1 cm³/mol. The van der Waals surface area contributed by atoms with Crippen LogP contribution in [0.3, 0.4) is 0 Å². The summed E-state index contributed by atoms with van der Waals surface area (Å²) >= 11 is 0. The first kappa shape index (κ1) is 11.7. The van der Waals surface area contributed by atoms with Crippen LogP contribution in [0.1, 0.15) is 12.0 Å². The molecule has 1 atom stereocenters. The molecule has 90 valence electrons. The van der Waals surface area contributed by atoms with Crippen LogP contribution in [0.25, 0.3) is 0 Å². The van der Waals surface area contributed by atoms with Crippen molar-refractivity contribution in [3.8, 4) is 6.07 Å². The van der Waals surface area contributed by atoms with E-state index in [9.17, 15) is 0 Å². The van der Waals surface area contributed by atoms with E-state index in [2.05, 4.69) is 21.3 Å². The van der Waals surface area contributed by atoms with E-state index >= 15 is 0 Å². The number of nitrogens with one attached hydrogen (secondary N) is 1. The van der Waals surface area contributed by atoms with Crippen LogP contribution in [-0.4, -0.2) is 38.3 Å². The van der Waals surface area contributed by atoms with Gasteiger partial charge in [-0.2, -0.15) is 5.26 Å². The van der Waals surface area contributed by atoms with Gasteiger partial charge in [-0.1, -0.05) is 0 Å². The first-order valence-electron chi connectivity index (χ1n) is 5.64. The van der Waals surface area contributed by atoms with Crippen LogP contribution in [0.5, 0.6) is 0 Å². The molecule has 5 nitrogen and oxygen atoms in total. The Morgan fingerprint density at radius 1 is 1.65 bits per heavy atom. The molecule has 1 fully saturated rings. The maximum Gasteiger partial charge on any atom is 0.127 e. The van der Waals surface area contributed by atoms with Crippen molar-refractivity contribution >= 4 is 11.5 Å². The highest BCUT2D eigenvalue weighted by atomic mass is 16.5. The van der Waals surface area contributed by atoms with Crippen LogP contribution >= 0.6 is 0 Å². The van der Waals surface area contributed by atoms with Gasteiger partial charge in [0.05, 0.1) is 17.4 Å². The molecule has 1 N–H and O–H groups in total. The molecule has 0 saturated carbocycles. The Morgan fingerprint density at radius 3 is 3.06 bits per heavy atom. The summed E-state index contributed by atoms with van der Waals surface area (Å²) in [6.07, 6.45) is 2.87. The van der Waals surface area contributed by atoms with Crippen LogP contribution in [0.2, 0.25) is 0 Å². The fraction of sp³-hybridized carbons (Fsp3) is 0.500. The second-order valence-electron chi connectivity index (χ2n) is 4.04. The first-order valence-corrected chi connectivity index (χ1v) is 5.64. The fourth-order valence-electron chi connectivity index (χ4n) is 2.07. The number of rotatable bonds is 3. The third-order valence-corrected chi connectivity index (χ3v) is 3.08. The van der Waals surface area contributed by atoms with Crippen LogP contribution in [0.15, 0.2) is 12.3 Å². The van der Waals surface area contributed by atoms with Gasteiger partial charge in [0.2, 0.25) is 0 Å². The summed E-state index contributed by atoms with van der Waals surface area (Å²) in [7, 11) is 3.55. The van der Waals surface area contributed by atoms with Gasteiger partial charge in [0.1, 0.15) is 11.9 Å². The zero-order chi connectivity index (χ0) is 12.3. The molecule has 17 heavy (non-hydrogen) atoms. The molecule has 0 spiro atoms. The highest BCUT2D eigenvalue weighted by Crippen LogP contribution is 2.26. The quantitative estimate of drug-likeness (QED) is 0.849. The molecule has 0 aromatic carbocycles. The smallest absolute Gasteiger partial charge is 0.127 e. The first-order chi connectivity index (χ1) is 8.28. The molecule has 2 rings (SSSR count). The van der Waals surface area contributed by atoms with Gasteiger partial charge in [0.25, 0.3) is 0 Å². The lowest BCUT2D eigenvalue weighted by molar-refractivity contribution is 0.121. The summed E-state index contributed by atoms with van der Waals surface area (Å²) < 4.78 is 5.34. The lowest BCUT2D eigenvalue weighted by Gasteiger charge is -2.20. The Kier molecular flexibility index (Phi) is 3.45. The van der Waals surface area contributed by atoms with Crippen molar-refractivity contribution in [2.45, 2.75) is 12.5 Å². The number of nitriles is 1. The van der Waals surface area contributed by atoms with Crippen molar-refractivity contribution in [2.24, 2.45) is 0 Å². The Balaban J connectivity index is 2.28. The number of pyridine rings is 1. The minimum absolute atomic E-state index is 0.257. The van der Waals surface area contributed by atoms with E-state index in [0.29, 0.717) is 5.56 Å². The van der Waals surface area contributed by atoms with Crippen molar-refractivity contribution < 1.29 is 4.74 Å². The molecule has 1 aliphatic heterocycles. The van der Waals surface area contributed by atoms with E-state index in [1.165, 1.54) is 0 Å². The third kappa shape index (κ3) is 2.32. The molecular weight excluding hydrogens is 216 g/mol. The summed E-state index contributed by atoms with van der Waals surface area (Å²) in [6.45, 7) is 1.75. The number of ether oxygens (including phenoxy) is 1. The second kappa shape index (κ2) is 5.02. The number of hydrogen-bond acceptors (Lipinski definition) is 5. The zero-order valence-corrected chi connectivity index (χ0v) is 10.1. The van der Waals surface area contributed by atoms with Gasteiger partial charge in [-0.05, 0) is 6.42 Å². The molecule has 0 radical (unpaired) electrons. The van der Waals surface area contributed by atoms with E-state index in [4.69, 9.17) is 10.00 Å². The number of methoxy groups -OCH3 is 1. The molecular formula is C12H16N4O. The lowest BCUT2D eigenvalue weighted by atomic mass is 10.2. The molecule has 1 aliphatic rings. The number of hydrogen-bond donors (Lipinski definition) is 1. The maximum absolute atomic E-state index is 9.10. The Labute approximate surface area is 101 Å². The Morgan fingerprint density at radius 2 is 2.47 bits per heavy atom. The van der Waals surface area contributed by atoms with Crippen LogP contribution < -0.4 is 10.2 Å². The maximum atomic E-state index is 9.10. The predicted octanol–water partition coefficient (Wildman–Crippen LogP) is 1.22. The lowest BCUT2D eigenvalue weighted by Crippen LogP contribution is -2.23. The van der Waals surface area contributed by atoms with Crippen molar-refractivity contribution in [3.63, 3.8) is 0 Å². The van der Waals surface area contributed by atoms with Crippen molar-refractivity contribution in [3.05, 3.63) is 17.8 Å². The average Bonchev–Trinajstić information content (AvgIpc) is 2.86. The van der Waals surface area contributed by atoms with E-state index < -0.39 is 0 Å². The van der Waals surface area contributed by atoms with Gasteiger partial charge in [0.15, 0.2) is 0 Å². The van der Waals surface area contributed by atoms with Gasteiger partial charge in [-0.25, -0.2) is 4.98 Å². The second-order valence-corrected chi connectivity index (χ2v) is 4.04. The summed E-state index contributed by atoms with van der Waals surface area (Å²) in [6, 6.07) is 4.10. The van der Waals surface area contributed by atoms with Gasteiger partial charge in [-0.15, -0.1) is 0 Å². The fourth-order valence-corrected chi connectivity index (χ4v) is 2.07. The number of aromatic nitrogens is 1. The Hall–Kier alpha value is -1.80. The van der Waals surface area contributed by atoms with E-state index in [1.54, 1.807) is 13.3 Å². The highest BCUT2D eigenvalue weighted by molar-refractivity contribution is 5.63. The molecule has 0 bridgehead atoms. The summed E-state index contributed by atoms with van der Waals surface area (Å²) in [4.78, 5) is 6.32. The van der Waals surface area contributed by atoms with Crippen LogP contribution in [-0.2, 0) is 4.74 Å². The Bertz CT molecular complexity index is 441. The molecule has 1 aromatic rings. The van der Waals surface area contributed by atoms with Gasteiger partial charge in [-0.3, -0.25) is 0 Å². The topological polar surface area (TPSA) is 61.2 Å². The zero-order valence-electron chi connectivity index (χ0n) is 10.1. The summed E-state index contributed by atoms with van der Waals surface area (Å²) in [5, 5.41) is 12.1. The minimum Gasteiger partial charge on any atom is -0.380 e. The molecule has 1 aromatic heterocycles. The average molecular weight is 232 g/mol. The molecule has 0 aliphatic carbocycles. The van der Waals surface area contributed by atoms with Crippen LogP contribution in [0, 0.1) is 11.3 Å². The minimum atomic E-state index is 0.257. The summed E-state index contributed by atoms with van der Waals surface area (Å²) in [5.41, 5.74) is 1.55. The SMILES string of the molecule is CNc1cc(N2CCC(OC)C2)c(C#N)cn1. The summed E-state index contributed by atoms with van der Waals surface area (Å²) in [5.74, 6) is 0.778. The highest BCUT2D eigenvalue weighted by Gasteiger charge is 2.24. The molecule has 2 heterocycles. The normalized spacial score (nSPS) is 19.1. The molecule has 0 amide bonds. The standard InChI is InChI=1S/C12H16N4O/c1-14-12-5-11(9(6-13)7-15-12)16-4-3-10(8-16)17-2/h5,7,10H,3-4,8H2,1-2H3,(H,14,15).